The fraction of sp³-hybridized carbons (Fsp3) is 0.700. The number of likely N-dealkylation sites (tertiary alicyclic amines) is 1. The van der Waals surface area contributed by atoms with E-state index in [-0.39, 0.29) is 10.1 Å². The largest absolute Gasteiger partial charge is 0.633 e. The molecule has 1 aliphatic heterocycles. The molecule has 0 amide bonds. The van der Waals surface area contributed by atoms with E-state index in [2.05, 4.69) is 52.0 Å². The molecule has 1 unspecified atom stereocenters. The number of hydroxylamine groups is 3. The van der Waals surface area contributed by atoms with Gasteiger partial charge in [0.15, 0.2) is 0 Å². The van der Waals surface area contributed by atoms with Crippen LogP contribution >= 0.6 is 0 Å². The van der Waals surface area contributed by atoms with Gasteiger partial charge in [0.2, 0.25) is 0 Å². The van der Waals surface area contributed by atoms with Crippen molar-refractivity contribution in [1.82, 2.24) is 0 Å². The Morgan fingerprint density at radius 3 is 2.23 bits per heavy atom. The number of rotatable bonds is 6. The topological polar surface area (TPSA) is 23.1 Å². The summed E-state index contributed by atoms with van der Waals surface area (Å²) in [5.74, 6) is 0.459. The van der Waals surface area contributed by atoms with Crippen LogP contribution in [0.3, 0.4) is 0 Å². The smallest absolute Gasteiger partial charge is 0.0813 e. The van der Waals surface area contributed by atoms with Crippen LogP contribution in [-0.4, -0.2) is 24.3 Å². The third kappa shape index (κ3) is 4.57. The molecule has 1 saturated heterocycles. The highest BCUT2D eigenvalue weighted by molar-refractivity contribution is 5.28. The molecule has 0 spiro atoms. The van der Waals surface area contributed by atoms with E-state index in [1.807, 2.05) is 0 Å². The number of nitrogens with zero attached hydrogens (tertiary/aromatic N) is 1. The van der Waals surface area contributed by atoms with Gasteiger partial charge >= 0.3 is 0 Å². The highest BCUT2D eigenvalue weighted by atomic mass is 16.5. The van der Waals surface area contributed by atoms with Crippen molar-refractivity contribution in [3.8, 4) is 0 Å². The zero-order chi connectivity index (χ0) is 16.2. The van der Waals surface area contributed by atoms with Gasteiger partial charge in [0.1, 0.15) is 0 Å². The van der Waals surface area contributed by atoms with E-state index in [0.29, 0.717) is 5.92 Å². The van der Waals surface area contributed by atoms with Gasteiger partial charge in [0.25, 0.3) is 0 Å². The predicted octanol–water partition coefficient (Wildman–Crippen LogP) is 5.05. The fourth-order valence-corrected chi connectivity index (χ4v) is 3.60. The molecule has 0 N–H and O–H groups in total. The molecule has 2 nitrogen and oxygen atoms in total. The number of quaternary nitrogens is 1. The van der Waals surface area contributed by atoms with Gasteiger partial charge in [-0.1, -0.05) is 52.0 Å². The van der Waals surface area contributed by atoms with Crippen LogP contribution in [0.2, 0.25) is 0 Å². The van der Waals surface area contributed by atoms with Gasteiger partial charge in [-0.2, -0.15) is 0 Å². The third-order valence-corrected chi connectivity index (χ3v) is 5.48. The Hall–Kier alpha value is -0.860. The summed E-state index contributed by atoms with van der Waals surface area (Å²) in [6, 6.07) is 9.06. The van der Waals surface area contributed by atoms with Gasteiger partial charge in [-0.15, -0.1) is 0 Å². The highest BCUT2D eigenvalue weighted by Gasteiger charge is 2.23. The molecule has 0 saturated carbocycles. The number of piperidine rings is 1. The van der Waals surface area contributed by atoms with Crippen LogP contribution in [0, 0.1) is 11.1 Å². The molecule has 124 valence electrons. The van der Waals surface area contributed by atoms with E-state index in [4.69, 9.17) is 0 Å². The van der Waals surface area contributed by atoms with Crippen LogP contribution in [-0.2, 0) is 11.8 Å². The van der Waals surface area contributed by atoms with Gasteiger partial charge in [-0.05, 0) is 48.6 Å². The van der Waals surface area contributed by atoms with Crippen molar-refractivity contribution < 1.29 is 4.65 Å². The Bertz CT molecular complexity index is 457. The van der Waals surface area contributed by atoms with Crippen LogP contribution in [0.5, 0.6) is 0 Å². The lowest BCUT2D eigenvalue weighted by Gasteiger charge is -2.47. The summed E-state index contributed by atoms with van der Waals surface area (Å²) >= 11 is 0. The Labute approximate surface area is 136 Å². The maximum absolute atomic E-state index is 12.7. The van der Waals surface area contributed by atoms with Gasteiger partial charge < -0.3 is 9.85 Å². The van der Waals surface area contributed by atoms with E-state index < -0.39 is 0 Å². The molecule has 1 heterocycles. The number of hydrogen-bond acceptors (Lipinski definition) is 1. The predicted molar refractivity (Wildman–Crippen MR) is 94.7 cm³/mol. The molecule has 1 aromatic rings. The summed E-state index contributed by atoms with van der Waals surface area (Å²) in [5, 5.41) is 12.7. The van der Waals surface area contributed by atoms with Crippen molar-refractivity contribution >= 4 is 0 Å². The molecular formula is C20H33NO. The lowest BCUT2D eigenvalue weighted by molar-refractivity contribution is -0.888. The number of hydrogen-bond donors (Lipinski definition) is 0. The van der Waals surface area contributed by atoms with Crippen molar-refractivity contribution in [3.05, 3.63) is 40.6 Å². The summed E-state index contributed by atoms with van der Waals surface area (Å²) in [6.07, 6.45) is 5.63. The first-order valence-electron chi connectivity index (χ1n) is 9.01. The van der Waals surface area contributed by atoms with E-state index in [1.54, 1.807) is 0 Å². The Kier molecular flexibility index (Phi) is 5.68. The molecule has 2 rings (SSSR count). The average Bonchev–Trinajstić information content (AvgIpc) is 2.48. The molecule has 1 fully saturated rings. The Morgan fingerprint density at radius 1 is 1.09 bits per heavy atom. The maximum Gasteiger partial charge on any atom is 0.0813 e. The molecule has 1 aromatic carbocycles. The monoisotopic (exact) mass is 303 g/mol. The van der Waals surface area contributed by atoms with E-state index >= 15 is 0 Å². The van der Waals surface area contributed by atoms with Crippen LogP contribution in [0.15, 0.2) is 24.3 Å². The highest BCUT2D eigenvalue weighted by Crippen LogP contribution is 2.27. The molecule has 0 aliphatic carbocycles. The first-order chi connectivity index (χ1) is 10.3. The molecule has 0 bridgehead atoms. The minimum Gasteiger partial charge on any atom is -0.633 e. The normalized spacial score (nSPS) is 19.9. The fourth-order valence-electron chi connectivity index (χ4n) is 3.60. The molecule has 1 atom stereocenters. The zero-order valence-corrected chi connectivity index (χ0v) is 14.9. The molecule has 2 heteroatoms. The lowest BCUT2D eigenvalue weighted by atomic mass is 9.82. The van der Waals surface area contributed by atoms with E-state index in [1.165, 1.54) is 17.5 Å². The van der Waals surface area contributed by atoms with E-state index in [9.17, 15) is 5.21 Å². The van der Waals surface area contributed by atoms with Crippen LogP contribution in [0.4, 0.5) is 0 Å². The van der Waals surface area contributed by atoms with Crippen molar-refractivity contribution in [2.75, 3.05) is 19.6 Å². The summed E-state index contributed by atoms with van der Waals surface area (Å²) in [6.45, 7) is 11.5. The molecule has 0 aromatic heterocycles. The molecule has 1 aliphatic rings. The van der Waals surface area contributed by atoms with Crippen LogP contribution in [0.25, 0.3) is 0 Å². The van der Waals surface area contributed by atoms with Gasteiger partial charge in [0, 0.05) is 5.92 Å². The second-order valence-corrected chi connectivity index (χ2v) is 7.99. The zero-order valence-electron chi connectivity index (χ0n) is 14.9. The Morgan fingerprint density at radius 2 is 1.68 bits per heavy atom. The first-order valence-corrected chi connectivity index (χ1v) is 9.01. The maximum atomic E-state index is 12.7. The van der Waals surface area contributed by atoms with E-state index in [0.717, 1.165) is 45.3 Å². The minimum atomic E-state index is 0.0438. The molecular weight excluding hydrogens is 270 g/mol. The average molecular weight is 303 g/mol. The molecule has 0 radical (unpaired) electrons. The lowest BCUT2D eigenvalue weighted by Crippen LogP contribution is -2.48. The third-order valence-electron chi connectivity index (χ3n) is 5.48. The van der Waals surface area contributed by atoms with Crippen LogP contribution < -0.4 is 0 Å². The molecule has 22 heavy (non-hydrogen) atoms. The second kappa shape index (κ2) is 7.14. The van der Waals surface area contributed by atoms with Gasteiger partial charge in [-0.3, -0.25) is 0 Å². The minimum absolute atomic E-state index is 0.0438. The quantitative estimate of drug-likeness (QED) is 0.532. The summed E-state index contributed by atoms with van der Waals surface area (Å²) < 4.78 is 0.0438. The van der Waals surface area contributed by atoms with Crippen molar-refractivity contribution in [2.45, 2.75) is 65.2 Å². The second-order valence-electron chi connectivity index (χ2n) is 7.99. The summed E-state index contributed by atoms with van der Waals surface area (Å²) in [4.78, 5) is 0. The van der Waals surface area contributed by atoms with Crippen molar-refractivity contribution in [3.63, 3.8) is 0 Å². The SMILES string of the molecule is CCC(C)(C)c1ccc(CC(C)C[N+]2([O-])CCCCC2)cc1. The summed E-state index contributed by atoms with van der Waals surface area (Å²) in [5.41, 5.74) is 3.03. The van der Waals surface area contributed by atoms with Gasteiger partial charge in [0.05, 0.1) is 19.6 Å². The van der Waals surface area contributed by atoms with Gasteiger partial charge in [-0.25, -0.2) is 0 Å². The van der Waals surface area contributed by atoms with Crippen LogP contribution in [0.1, 0.15) is 64.5 Å². The Balaban J connectivity index is 1.93. The summed E-state index contributed by atoms with van der Waals surface area (Å²) in [7, 11) is 0. The van der Waals surface area contributed by atoms with Crippen molar-refractivity contribution in [2.24, 2.45) is 5.92 Å². The first kappa shape index (κ1) is 17.5. The van der Waals surface area contributed by atoms with Crippen molar-refractivity contribution in [1.29, 1.82) is 0 Å². The number of benzene rings is 1. The standard InChI is InChI=1S/C20H33NO/c1-5-20(3,4)19-11-9-18(10-12-19)15-17(2)16-21(22)13-7-6-8-14-21/h9-12,17H,5-8,13-16H2,1-4H3.